The second kappa shape index (κ2) is 11.0. The Kier molecular flexibility index (Phi) is 8.86. The molecule has 2 rings (SSSR count). The number of nitrogens with one attached hydrogen (secondary N) is 1. The van der Waals surface area contributed by atoms with Crippen molar-refractivity contribution in [3.8, 4) is 17.2 Å². The molecule has 0 unspecified atom stereocenters. The van der Waals surface area contributed by atoms with Gasteiger partial charge in [0.05, 0.1) is 38.5 Å². The summed E-state index contributed by atoms with van der Waals surface area (Å²) in [6.07, 6.45) is 1.25. The number of carbonyl (C=O) groups excluding carboxylic acids is 1. The van der Waals surface area contributed by atoms with Gasteiger partial charge in [-0.25, -0.2) is 4.79 Å². The lowest BCUT2D eigenvalue weighted by atomic mass is 9.96. The van der Waals surface area contributed by atoms with Crippen molar-refractivity contribution in [1.29, 1.82) is 0 Å². The van der Waals surface area contributed by atoms with E-state index >= 15 is 0 Å². The molecule has 0 radical (unpaired) electrons. The third-order valence-electron chi connectivity index (χ3n) is 5.01. The first kappa shape index (κ1) is 27.3. The van der Waals surface area contributed by atoms with E-state index in [1.54, 1.807) is 44.6 Å². The highest BCUT2D eigenvalue weighted by Gasteiger charge is 2.25. The number of hydrogen-bond acceptors (Lipinski definition) is 6. The van der Waals surface area contributed by atoms with Crippen molar-refractivity contribution in [3.63, 3.8) is 0 Å². The van der Waals surface area contributed by atoms with Crippen LogP contribution in [0.1, 0.15) is 67.0 Å². The van der Waals surface area contributed by atoms with Crippen molar-refractivity contribution in [2.45, 2.75) is 80.0 Å². The van der Waals surface area contributed by atoms with Crippen molar-refractivity contribution in [3.05, 3.63) is 28.2 Å². The van der Waals surface area contributed by atoms with Crippen molar-refractivity contribution >= 4 is 16.9 Å². The molecule has 0 atom stereocenters. The summed E-state index contributed by atoms with van der Waals surface area (Å²) in [6, 6.07) is 3.45. The number of nitrogens with zero attached hydrogens (tertiary/aromatic N) is 1. The SMILES string of the molecule is CCCCOc1c(CNC(=O)OC(C)(C)C)n(CC(C)(C)C)c(=O)c2cc(OC)c(OC)cc12. The van der Waals surface area contributed by atoms with Crippen LogP contribution in [0.2, 0.25) is 0 Å². The molecular formula is C26H40N2O6. The van der Waals surface area contributed by atoms with Crippen molar-refractivity contribution in [2.75, 3.05) is 20.8 Å². The number of aromatic nitrogens is 1. The Morgan fingerprint density at radius 3 is 2.09 bits per heavy atom. The smallest absolute Gasteiger partial charge is 0.407 e. The second-order valence-electron chi connectivity index (χ2n) is 10.5. The molecule has 0 spiro atoms. The summed E-state index contributed by atoms with van der Waals surface area (Å²) >= 11 is 0. The molecule has 34 heavy (non-hydrogen) atoms. The standard InChI is InChI=1S/C26H40N2O6/c1-10-11-12-33-22-17-13-20(31-8)21(32-9)14-18(17)23(29)28(16-25(2,3)4)19(22)15-27-24(30)34-26(5,6)7/h13-14H,10-12,15-16H2,1-9H3,(H,27,30). The molecule has 0 saturated heterocycles. The number of amides is 1. The molecule has 0 fully saturated rings. The van der Waals surface area contributed by atoms with Gasteiger partial charge in [0.15, 0.2) is 11.5 Å². The number of fused-ring (bicyclic) bond motifs is 1. The lowest BCUT2D eigenvalue weighted by Gasteiger charge is -2.26. The van der Waals surface area contributed by atoms with Gasteiger partial charge >= 0.3 is 6.09 Å². The van der Waals surface area contributed by atoms with Gasteiger partial charge < -0.3 is 28.8 Å². The number of rotatable bonds is 9. The van der Waals surface area contributed by atoms with Gasteiger partial charge in [-0.05, 0) is 44.7 Å². The largest absolute Gasteiger partial charge is 0.493 e. The number of alkyl carbamates (subject to hydrolysis) is 1. The first-order valence-corrected chi connectivity index (χ1v) is 11.7. The molecule has 1 heterocycles. The molecule has 0 aliphatic carbocycles. The Hall–Kier alpha value is -2.90. The highest BCUT2D eigenvalue weighted by Crippen LogP contribution is 2.37. The lowest BCUT2D eigenvalue weighted by Crippen LogP contribution is -2.36. The van der Waals surface area contributed by atoms with E-state index in [2.05, 4.69) is 33.0 Å². The topological polar surface area (TPSA) is 88.0 Å². The highest BCUT2D eigenvalue weighted by molar-refractivity contribution is 5.91. The molecule has 0 aliphatic rings. The third kappa shape index (κ3) is 7.05. The van der Waals surface area contributed by atoms with E-state index in [1.165, 1.54) is 7.11 Å². The average molecular weight is 477 g/mol. The zero-order valence-corrected chi connectivity index (χ0v) is 22.1. The predicted octanol–water partition coefficient (Wildman–Crippen LogP) is 5.27. The monoisotopic (exact) mass is 476 g/mol. The van der Waals surface area contributed by atoms with Gasteiger partial charge in [0, 0.05) is 11.9 Å². The van der Waals surface area contributed by atoms with E-state index < -0.39 is 11.7 Å². The molecule has 8 nitrogen and oxygen atoms in total. The van der Waals surface area contributed by atoms with E-state index in [4.69, 9.17) is 18.9 Å². The van der Waals surface area contributed by atoms with E-state index in [-0.39, 0.29) is 17.5 Å². The molecule has 0 aliphatic heterocycles. The van der Waals surface area contributed by atoms with Gasteiger partial charge in [0.2, 0.25) is 0 Å². The molecule has 2 aromatic rings. The van der Waals surface area contributed by atoms with E-state index in [1.807, 2.05) is 0 Å². The van der Waals surface area contributed by atoms with Gasteiger partial charge in [-0.3, -0.25) is 4.79 Å². The number of carbonyl (C=O) groups is 1. The van der Waals surface area contributed by atoms with E-state index in [0.29, 0.717) is 46.9 Å². The van der Waals surface area contributed by atoms with Crippen LogP contribution in [0.15, 0.2) is 16.9 Å². The second-order valence-corrected chi connectivity index (χ2v) is 10.5. The first-order valence-electron chi connectivity index (χ1n) is 11.7. The van der Waals surface area contributed by atoms with Crippen LogP contribution in [0, 0.1) is 5.41 Å². The van der Waals surface area contributed by atoms with Crippen LogP contribution >= 0.6 is 0 Å². The Labute approximate surface area is 202 Å². The van der Waals surface area contributed by atoms with Gasteiger partial charge in [-0.2, -0.15) is 0 Å². The molecular weight excluding hydrogens is 436 g/mol. The summed E-state index contributed by atoms with van der Waals surface area (Å²) in [6.45, 7) is 14.7. The van der Waals surface area contributed by atoms with Crippen LogP contribution < -0.4 is 25.1 Å². The van der Waals surface area contributed by atoms with Crippen LogP contribution in [-0.2, 0) is 17.8 Å². The summed E-state index contributed by atoms with van der Waals surface area (Å²) in [5.41, 5.74) is -0.436. The molecule has 8 heteroatoms. The highest BCUT2D eigenvalue weighted by atomic mass is 16.6. The van der Waals surface area contributed by atoms with Crippen LogP contribution in [0.4, 0.5) is 4.79 Å². The zero-order valence-electron chi connectivity index (χ0n) is 22.1. The minimum atomic E-state index is -0.636. The molecule has 190 valence electrons. The number of methoxy groups -OCH3 is 2. The molecule has 1 aromatic carbocycles. The summed E-state index contributed by atoms with van der Waals surface area (Å²) in [5, 5.41) is 3.88. The quantitative estimate of drug-likeness (QED) is 0.496. The summed E-state index contributed by atoms with van der Waals surface area (Å²) < 4.78 is 24.3. The number of unbranched alkanes of at least 4 members (excludes halogenated alkanes) is 1. The Bertz CT molecular complexity index is 1060. The minimum absolute atomic E-state index is 0.0754. The van der Waals surface area contributed by atoms with Crippen LogP contribution in [0.5, 0.6) is 17.2 Å². The van der Waals surface area contributed by atoms with Gasteiger partial charge in [0.1, 0.15) is 11.4 Å². The van der Waals surface area contributed by atoms with Crippen molar-refractivity contribution in [1.82, 2.24) is 9.88 Å². The summed E-state index contributed by atoms with van der Waals surface area (Å²) in [7, 11) is 3.09. The van der Waals surface area contributed by atoms with Crippen molar-refractivity contribution < 1.29 is 23.7 Å². The van der Waals surface area contributed by atoms with E-state index in [9.17, 15) is 9.59 Å². The predicted molar refractivity (Wildman–Crippen MR) is 134 cm³/mol. The Morgan fingerprint density at radius 1 is 1.00 bits per heavy atom. The number of ether oxygens (including phenoxy) is 4. The fourth-order valence-corrected chi connectivity index (χ4v) is 3.56. The Morgan fingerprint density at radius 2 is 1.59 bits per heavy atom. The normalized spacial score (nSPS) is 11.9. The van der Waals surface area contributed by atoms with Crippen LogP contribution in [-0.4, -0.2) is 37.1 Å². The number of benzene rings is 1. The maximum Gasteiger partial charge on any atom is 0.407 e. The first-order chi connectivity index (χ1) is 15.8. The molecule has 0 saturated carbocycles. The minimum Gasteiger partial charge on any atom is -0.493 e. The van der Waals surface area contributed by atoms with E-state index in [0.717, 1.165) is 12.8 Å². The number of hydrogen-bond donors (Lipinski definition) is 1. The summed E-state index contributed by atoms with van der Waals surface area (Å²) in [5.74, 6) is 1.51. The Balaban J connectivity index is 2.77. The molecule has 0 bridgehead atoms. The van der Waals surface area contributed by atoms with Crippen LogP contribution in [0.25, 0.3) is 10.8 Å². The number of pyridine rings is 1. The molecule has 1 N–H and O–H groups in total. The maximum absolute atomic E-state index is 13.7. The zero-order chi connectivity index (χ0) is 25.7. The third-order valence-corrected chi connectivity index (χ3v) is 5.01. The van der Waals surface area contributed by atoms with Gasteiger partial charge in [-0.15, -0.1) is 0 Å². The van der Waals surface area contributed by atoms with Crippen molar-refractivity contribution in [2.24, 2.45) is 5.41 Å². The maximum atomic E-state index is 13.7. The fourth-order valence-electron chi connectivity index (χ4n) is 3.56. The van der Waals surface area contributed by atoms with Gasteiger partial charge in [-0.1, -0.05) is 34.1 Å². The average Bonchev–Trinajstić information content (AvgIpc) is 2.73. The molecule has 1 amide bonds. The fraction of sp³-hybridized carbons (Fsp3) is 0.615. The molecule has 1 aromatic heterocycles. The van der Waals surface area contributed by atoms with Gasteiger partial charge in [0.25, 0.3) is 5.56 Å². The summed E-state index contributed by atoms with van der Waals surface area (Å²) in [4.78, 5) is 26.2. The lowest BCUT2D eigenvalue weighted by molar-refractivity contribution is 0.0521. The van der Waals surface area contributed by atoms with Crippen LogP contribution in [0.3, 0.4) is 0 Å².